The van der Waals surface area contributed by atoms with Crippen LogP contribution in [0.2, 0.25) is 0 Å². The van der Waals surface area contributed by atoms with E-state index in [4.69, 9.17) is 15.2 Å². The Bertz CT molecular complexity index is 636. The Balaban J connectivity index is 1.99. The zero-order valence-corrected chi connectivity index (χ0v) is 12.5. The van der Waals surface area contributed by atoms with Gasteiger partial charge in [0, 0.05) is 12.9 Å². The maximum Gasteiger partial charge on any atom is 0.167 e. The minimum absolute atomic E-state index is 0.299. The number of aromatic nitrogens is 4. The number of hydrogen-bond acceptors (Lipinski definition) is 8. The SMILES string of the molecule is COC1C(O)C(CSC)OC1n1cnc2c(N)ncnc21. The smallest absolute Gasteiger partial charge is 0.167 e. The fourth-order valence-electron chi connectivity index (χ4n) is 2.56. The van der Waals surface area contributed by atoms with Crippen molar-refractivity contribution in [1.29, 1.82) is 0 Å². The molecule has 2 aromatic rings. The molecular formula is C12H17N5O3S. The van der Waals surface area contributed by atoms with Crippen LogP contribution in [0.1, 0.15) is 6.23 Å². The number of nitrogen functional groups attached to an aromatic ring is 1. The standard InChI is InChI=1S/C12H17N5O3S/c1-19-9-8(18)6(3-21-2)20-12(9)17-5-16-7-10(13)14-4-15-11(7)17/h4-6,8-9,12,18H,3H2,1-2H3,(H2,13,14,15). The highest BCUT2D eigenvalue weighted by Gasteiger charge is 2.45. The molecule has 21 heavy (non-hydrogen) atoms. The highest BCUT2D eigenvalue weighted by atomic mass is 32.2. The molecule has 2 aromatic heterocycles. The maximum absolute atomic E-state index is 10.3. The summed E-state index contributed by atoms with van der Waals surface area (Å²) in [5, 5.41) is 10.3. The van der Waals surface area contributed by atoms with Gasteiger partial charge in [-0.15, -0.1) is 0 Å². The number of anilines is 1. The Morgan fingerprint density at radius 1 is 1.48 bits per heavy atom. The Kier molecular flexibility index (Phi) is 3.98. The number of nitrogens with zero attached hydrogens (tertiary/aromatic N) is 4. The van der Waals surface area contributed by atoms with E-state index in [0.29, 0.717) is 22.7 Å². The third kappa shape index (κ3) is 2.35. The third-order valence-corrected chi connectivity index (χ3v) is 4.24. The van der Waals surface area contributed by atoms with Crippen LogP contribution in [0.5, 0.6) is 0 Å². The molecule has 0 aromatic carbocycles. The molecule has 0 amide bonds. The first-order valence-corrected chi connectivity index (χ1v) is 7.85. The van der Waals surface area contributed by atoms with Crippen LogP contribution < -0.4 is 5.73 Å². The first-order chi connectivity index (χ1) is 10.2. The molecule has 0 saturated carbocycles. The fraction of sp³-hybridized carbons (Fsp3) is 0.583. The first-order valence-electron chi connectivity index (χ1n) is 6.45. The molecule has 3 rings (SSSR count). The minimum atomic E-state index is -0.705. The van der Waals surface area contributed by atoms with Crippen molar-refractivity contribution >= 4 is 28.7 Å². The van der Waals surface area contributed by atoms with E-state index < -0.39 is 18.4 Å². The molecule has 3 N–H and O–H groups in total. The van der Waals surface area contributed by atoms with Gasteiger partial charge in [-0.2, -0.15) is 11.8 Å². The van der Waals surface area contributed by atoms with Gasteiger partial charge in [0.25, 0.3) is 0 Å². The molecule has 0 spiro atoms. The lowest BCUT2D eigenvalue weighted by atomic mass is 10.1. The predicted octanol–water partition coefficient (Wildman–Crippen LogP) is 0.0448. The topological polar surface area (TPSA) is 108 Å². The molecule has 8 nitrogen and oxygen atoms in total. The highest BCUT2D eigenvalue weighted by molar-refractivity contribution is 7.98. The average molecular weight is 311 g/mol. The quantitative estimate of drug-likeness (QED) is 0.815. The lowest BCUT2D eigenvalue weighted by Crippen LogP contribution is -2.34. The van der Waals surface area contributed by atoms with Gasteiger partial charge >= 0.3 is 0 Å². The summed E-state index contributed by atoms with van der Waals surface area (Å²) in [6.45, 7) is 0. The molecule has 0 bridgehead atoms. The zero-order valence-electron chi connectivity index (χ0n) is 11.7. The van der Waals surface area contributed by atoms with Crippen LogP contribution in [0.15, 0.2) is 12.7 Å². The van der Waals surface area contributed by atoms with E-state index in [0.717, 1.165) is 0 Å². The number of nitrogens with two attached hydrogens (primary N) is 1. The van der Waals surface area contributed by atoms with Crippen LogP contribution in [0, 0.1) is 0 Å². The first kappa shape index (κ1) is 14.5. The summed E-state index contributed by atoms with van der Waals surface area (Å²) in [7, 11) is 1.55. The monoisotopic (exact) mass is 311 g/mol. The molecule has 1 saturated heterocycles. The van der Waals surface area contributed by atoms with Crippen molar-refractivity contribution in [3.8, 4) is 0 Å². The predicted molar refractivity (Wildman–Crippen MR) is 78.8 cm³/mol. The molecule has 4 atom stereocenters. The third-order valence-electron chi connectivity index (χ3n) is 3.58. The molecular weight excluding hydrogens is 294 g/mol. The molecule has 114 valence electrons. The summed E-state index contributed by atoms with van der Waals surface area (Å²) < 4.78 is 13.1. The van der Waals surface area contributed by atoms with Crippen molar-refractivity contribution in [1.82, 2.24) is 19.5 Å². The molecule has 0 radical (unpaired) electrons. The van der Waals surface area contributed by atoms with Crippen LogP contribution in [0.25, 0.3) is 11.2 Å². The van der Waals surface area contributed by atoms with Crippen LogP contribution in [0.4, 0.5) is 5.82 Å². The molecule has 1 aliphatic rings. The number of aliphatic hydroxyl groups excluding tert-OH is 1. The molecule has 9 heteroatoms. The van der Waals surface area contributed by atoms with Crippen molar-refractivity contribution in [3.05, 3.63) is 12.7 Å². The largest absolute Gasteiger partial charge is 0.387 e. The van der Waals surface area contributed by atoms with Crippen LogP contribution >= 0.6 is 11.8 Å². The molecule has 0 aliphatic carbocycles. The van der Waals surface area contributed by atoms with E-state index >= 15 is 0 Å². The molecule has 1 aliphatic heterocycles. The Hall–Kier alpha value is -1.42. The van der Waals surface area contributed by atoms with E-state index in [1.165, 1.54) is 6.33 Å². The second kappa shape index (κ2) is 5.76. The van der Waals surface area contributed by atoms with Gasteiger partial charge in [0.05, 0.1) is 12.4 Å². The lowest BCUT2D eigenvalue weighted by Gasteiger charge is -2.19. The van der Waals surface area contributed by atoms with Crippen molar-refractivity contribution in [3.63, 3.8) is 0 Å². The van der Waals surface area contributed by atoms with Crippen LogP contribution in [0.3, 0.4) is 0 Å². The minimum Gasteiger partial charge on any atom is -0.387 e. The van der Waals surface area contributed by atoms with Crippen molar-refractivity contribution in [2.24, 2.45) is 0 Å². The molecule has 1 fully saturated rings. The van der Waals surface area contributed by atoms with Crippen molar-refractivity contribution in [2.75, 3.05) is 24.9 Å². The van der Waals surface area contributed by atoms with E-state index in [1.807, 2.05) is 6.26 Å². The van der Waals surface area contributed by atoms with Gasteiger partial charge in [-0.25, -0.2) is 15.0 Å². The Morgan fingerprint density at radius 2 is 2.29 bits per heavy atom. The van der Waals surface area contributed by atoms with Gasteiger partial charge in [0.1, 0.15) is 24.1 Å². The van der Waals surface area contributed by atoms with Gasteiger partial charge in [0.2, 0.25) is 0 Å². The second-order valence-corrected chi connectivity index (χ2v) is 5.70. The van der Waals surface area contributed by atoms with Crippen molar-refractivity contribution in [2.45, 2.75) is 24.5 Å². The van der Waals surface area contributed by atoms with Gasteiger partial charge in [-0.1, -0.05) is 0 Å². The summed E-state index contributed by atoms with van der Waals surface area (Å²) in [4.78, 5) is 12.3. The maximum atomic E-state index is 10.3. The number of methoxy groups -OCH3 is 1. The number of rotatable bonds is 4. The van der Waals surface area contributed by atoms with Gasteiger partial charge in [-0.3, -0.25) is 4.57 Å². The molecule has 3 heterocycles. The number of thioether (sulfide) groups is 1. The lowest BCUT2D eigenvalue weighted by molar-refractivity contribution is -0.0467. The van der Waals surface area contributed by atoms with E-state index in [1.54, 1.807) is 29.8 Å². The number of hydrogen-bond donors (Lipinski definition) is 2. The average Bonchev–Trinajstić information content (AvgIpc) is 3.02. The van der Waals surface area contributed by atoms with Gasteiger partial charge in [-0.05, 0) is 6.26 Å². The summed E-state index contributed by atoms with van der Waals surface area (Å²) in [6, 6.07) is 0. The second-order valence-electron chi connectivity index (χ2n) is 4.79. The Labute approximate surface area is 125 Å². The normalized spacial score (nSPS) is 29.3. The number of fused-ring (bicyclic) bond motifs is 1. The Morgan fingerprint density at radius 3 is 3.00 bits per heavy atom. The van der Waals surface area contributed by atoms with Gasteiger partial charge in [0.15, 0.2) is 17.7 Å². The van der Waals surface area contributed by atoms with Crippen LogP contribution in [-0.2, 0) is 9.47 Å². The number of imidazole rings is 1. The van der Waals surface area contributed by atoms with E-state index in [-0.39, 0.29) is 6.10 Å². The molecule has 4 unspecified atom stereocenters. The summed E-state index contributed by atoms with van der Waals surface area (Å²) >= 11 is 1.61. The summed E-state index contributed by atoms with van der Waals surface area (Å²) in [5.74, 6) is 0.994. The van der Waals surface area contributed by atoms with E-state index in [2.05, 4.69) is 15.0 Å². The number of ether oxygens (including phenoxy) is 2. The number of aliphatic hydroxyl groups is 1. The summed E-state index contributed by atoms with van der Waals surface area (Å²) in [6.07, 6.45) is 2.93. The van der Waals surface area contributed by atoms with Crippen molar-refractivity contribution < 1.29 is 14.6 Å². The zero-order chi connectivity index (χ0) is 15.0. The highest BCUT2D eigenvalue weighted by Crippen LogP contribution is 2.34. The summed E-state index contributed by atoms with van der Waals surface area (Å²) in [5.41, 5.74) is 6.86. The fourth-order valence-corrected chi connectivity index (χ4v) is 3.16. The van der Waals surface area contributed by atoms with Crippen LogP contribution in [-0.4, -0.2) is 62.1 Å². The van der Waals surface area contributed by atoms with E-state index in [9.17, 15) is 5.11 Å². The van der Waals surface area contributed by atoms with Gasteiger partial charge < -0.3 is 20.3 Å².